The molecule has 19 atom stereocenters. The molecule has 11 N–H and O–H groups in total. The minimum Gasteiger partial charge on any atom is -0.396 e. The number of unbranched alkanes of at least 4 members (excludes halogenated alkanes) is 14. The monoisotopic (exact) mass is 1680 g/mol. The van der Waals surface area contributed by atoms with E-state index in [9.17, 15) is 88.9 Å². The van der Waals surface area contributed by atoms with E-state index in [1.807, 2.05) is 11.8 Å². The zero-order valence-electron chi connectivity index (χ0n) is 70.8. The van der Waals surface area contributed by atoms with Gasteiger partial charge in [0.25, 0.3) is 0 Å². The van der Waals surface area contributed by atoms with E-state index in [1.165, 1.54) is 13.8 Å². The molecule has 4 fully saturated rings. The Morgan fingerprint density at radius 3 is 1.28 bits per heavy atom. The van der Waals surface area contributed by atoms with E-state index in [0.29, 0.717) is 160 Å². The quantitative estimate of drug-likeness (QED) is 0.0215. The van der Waals surface area contributed by atoms with E-state index in [-0.39, 0.29) is 182 Å². The van der Waals surface area contributed by atoms with Gasteiger partial charge in [-0.3, -0.25) is 42.9 Å². The summed E-state index contributed by atoms with van der Waals surface area (Å²) in [5.41, 5.74) is -1.08. The Balaban J connectivity index is 1.28. The minimum atomic E-state index is -3.17. The van der Waals surface area contributed by atoms with Crippen molar-refractivity contribution in [2.75, 3.05) is 119 Å². The lowest BCUT2D eigenvalue weighted by molar-refractivity contribution is -0.282. The van der Waals surface area contributed by atoms with Crippen molar-refractivity contribution in [3.8, 4) is 0 Å². The Morgan fingerprint density at radius 2 is 0.819 bits per heavy atom. The van der Waals surface area contributed by atoms with Gasteiger partial charge in [0, 0.05) is 172 Å². The molecule has 32 heteroatoms. The van der Waals surface area contributed by atoms with Gasteiger partial charge in [-0.05, 0) is 102 Å². The molecule has 116 heavy (non-hydrogen) atoms. The number of carbonyl (C=O) groups is 8. The van der Waals surface area contributed by atoms with Crippen molar-refractivity contribution in [2.24, 2.45) is 35.0 Å². The molecule has 1 aliphatic carbocycles. The fraction of sp³-hybridized carbons (Fsp3) is 0.905. The topological polar surface area (TPSA) is 455 Å². The average Bonchev–Trinajstić information content (AvgIpc) is 1.41. The lowest BCUT2D eigenvalue weighted by Gasteiger charge is -2.40. The van der Waals surface area contributed by atoms with Crippen LogP contribution in [0.3, 0.4) is 0 Å². The van der Waals surface area contributed by atoms with E-state index in [1.54, 1.807) is 13.8 Å². The van der Waals surface area contributed by atoms with Crippen LogP contribution in [0.1, 0.15) is 259 Å². The smallest absolute Gasteiger partial charge is 0.327 e. The lowest BCUT2D eigenvalue weighted by Crippen LogP contribution is -2.55. The molecule has 17 unspecified atom stereocenters. The number of aliphatic hydroxyl groups is 9. The highest BCUT2D eigenvalue weighted by atomic mass is 31.2. The number of hydrogen-bond acceptors (Lipinski definition) is 28. The Bertz CT molecular complexity index is 2590. The van der Waals surface area contributed by atoms with Crippen LogP contribution in [0.2, 0.25) is 0 Å². The number of nitrogens with zero attached hydrogens (tertiary/aromatic N) is 1. The van der Waals surface area contributed by atoms with E-state index in [0.717, 1.165) is 51.4 Å². The molecule has 1 saturated carbocycles. The van der Waals surface area contributed by atoms with Gasteiger partial charge in [-0.1, -0.05) is 79.1 Å². The van der Waals surface area contributed by atoms with Crippen LogP contribution < -0.4 is 10.6 Å². The van der Waals surface area contributed by atoms with Gasteiger partial charge in [-0.15, -0.1) is 0 Å². The number of hydrogen-bond donors (Lipinski definition) is 11. The summed E-state index contributed by atoms with van der Waals surface area (Å²) in [6, 6.07) is -0.135. The van der Waals surface area contributed by atoms with Crippen LogP contribution in [-0.2, 0) is 89.9 Å². The molecule has 0 radical (unpaired) electrons. The first-order valence-electron chi connectivity index (χ1n) is 43.6. The van der Waals surface area contributed by atoms with Gasteiger partial charge < -0.3 is 108 Å². The van der Waals surface area contributed by atoms with Crippen molar-refractivity contribution in [2.45, 2.75) is 332 Å². The number of carbonyl (C=O) groups excluding carboxylic acids is 8. The van der Waals surface area contributed by atoms with Gasteiger partial charge in [-0.2, -0.15) is 0 Å². The first-order chi connectivity index (χ1) is 55.6. The van der Waals surface area contributed by atoms with Gasteiger partial charge in [0.15, 0.2) is 12.6 Å². The van der Waals surface area contributed by atoms with E-state index < -0.39 is 105 Å². The highest BCUT2D eigenvalue weighted by molar-refractivity contribution is 7.52. The summed E-state index contributed by atoms with van der Waals surface area (Å²) in [6.45, 7) is 9.79. The van der Waals surface area contributed by atoms with Crippen LogP contribution in [0.15, 0.2) is 0 Å². The molecule has 0 aromatic carbocycles. The van der Waals surface area contributed by atoms with Crippen molar-refractivity contribution < 1.29 is 136 Å². The number of Topliss-reactive ketones (excluding diaryl/α,β-unsaturated/α-hetero) is 5. The number of ether oxygens (including phenoxy) is 8. The highest BCUT2D eigenvalue weighted by Gasteiger charge is 2.45. The second-order valence-corrected chi connectivity index (χ2v) is 35.4. The maximum Gasteiger partial charge on any atom is 0.327 e. The van der Waals surface area contributed by atoms with Crippen LogP contribution in [0.25, 0.3) is 0 Å². The van der Waals surface area contributed by atoms with Gasteiger partial charge in [0.1, 0.15) is 53.3 Å². The molecule has 3 aliphatic heterocycles. The minimum absolute atomic E-state index is 0.00805. The van der Waals surface area contributed by atoms with Crippen molar-refractivity contribution in [1.29, 1.82) is 0 Å². The molecule has 4 aliphatic rings. The van der Waals surface area contributed by atoms with Gasteiger partial charge in [0.2, 0.25) is 17.7 Å². The van der Waals surface area contributed by atoms with Crippen LogP contribution in [0.4, 0.5) is 0 Å². The number of aliphatic hydroxyl groups excluding tert-OH is 9. The lowest BCUT2D eigenvalue weighted by atomic mass is 9.77. The molecular formula is C84H150N3O28P. The third kappa shape index (κ3) is 41.9. The molecule has 0 spiro atoms. The fourth-order valence-corrected chi connectivity index (χ4v) is 15.8. The van der Waals surface area contributed by atoms with E-state index >= 15 is 0 Å². The maximum absolute atomic E-state index is 14.2. The molecule has 4 rings (SSSR count). The molecular weight excluding hydrogens is 1530 g/mol. The summed E-state index contributed by atoms with van der Waals surface area (Å²) in [5.74, 6) is -1.72. The Hall–Kier alpha value is -3.77. The van der Waals surface area contributed by atoms with Crippen LogP contribution >= 0.6 is 7.60 Å². The molecule has 3 saturated heterocycles. The molecule has 0 aromatic heterocycles. The number of likely N-dealkylation sites (tertiary alicyclic amines) is 1. The molecule has 3 heterocycles. The molecule has 674 valence electrons. The van der Waals surface area contributed by atoms with E-state index in [2.05, 4.69) is 17.6 Å². The fourth-order valence-electron chi connectivity index (χ4n) is 15.3. The SMILES string of the molecule is COP(C)(=O)OC[C@@H]1C[C@@H](C)CN1C(=O)CCCCCCCCCCC(=O)CC(COCCC(=O)CCCCCC(=O)CCCCOC1CC(CO)C(O)C(O)C1C)(COCCC(=O)CCCCCC(=O)CCCCOC1OC(CO)C(O)C(O)C1C)COCCC(=O)NCCCNC(=O)CCCCOC1OC(CO)C(O)C(O)C1C. The Labute approximate surface area is 689 Å². The van der Waals surface area contributed by atoms with Crippen molar-refractivity contribution in [1.82, 2.24) is 15.5 Å². The third-order valence-corrected chi connectivity index (χ3v) is 24.3. The van der Waals surface area contributed by atoms with Crippen LogP contribution in [-0.4, -0.2) is 290 Å². The van der Waals surface area contributed by atoms with Gasteiger partial charge >= 0.3 is 7.60 Å². The van der Waals surface area contributed by atoms with E-state index in [4.69, 9.17) is 46.9 Å². The summed E-state index contributed by atoms with van der Waals surface area (Å²) in [5, 5.41) is 95.9. The van der Waals surface area contributed by atoms with Gasteiger partial charge in [-0.25, -0.2) is 0 Å². The first-order valence-corrected chi connectivity index (χ1v) is 45.6. The molecule has 3 amide bonds. The van der Waals surface area contributed by atoms with Crippen molar-refractivity contribution in [3.63, 3.8) is 0 Å². The highest BCUT2D eigenvalue weighted by Crippen LogP contribution is 2.44. The maximum atomic E-state index is 14.2. The summed E-state index contributed by atoms with van der Waals surface area (Å²) in [7, 11) is -1.82. The second kappa shape index (κ2) is 59.9. The number of ketones is 5. The van der Waals surface area contributed by atoms with Crippen LogP contribution in [0.5, 0.6) is 0 Å². The number of amides is 3. The number of nitrogens with one attached hydrogen (secondary N) is 2. The Morgan fingerprint density at radius 1 is 0.431 bits per heavy atom. The zero-order chi connectivity index (χ0) is 85.3. The molecule has 0 aromatic rings. The largest absolute Gasteiger partial charge is 0.396 e. The average molecular weight is 1680 g/mol. The van der Waals surface area contributed by atoms with Crippen LogP contribution in [0, 0.1) is 35.0 Å². The predicted molar refractivity (Wildman–Crippen MR) is 431 cm³/mol. The summed E-state index contributed by atoms with van der Waals surface area (Å²) < 4.78 is 70.4. The predicted octanol–water partition coefficient (Wildman–Crippen LogP) is 7.03. The first kappa shape index (κ1) is 105. The standard InChI is InChI=1S/C84H150N3O28P/c1-59-48-64(55-113-116(6,105)106-5)87(51-59)75(98)36-20-12-10-8-7-9-11-15-34-69(95)50-84(56-107-45-37-67(93)30-18-13-16-28-65(91)32-21-24-42-110-70-49-63(52-88)79(102)76(99)60(70)2,57-108-46-38-68(94)31-19-14-17-29-66(92)33-22-25-43-111-82-61(3)77(100)80(103)71(53-89)114-82)58-109-47-39-74(97)86-41-27-40-85-73(96)35-23-26-44-112-83-62(4)78(101)81(104)72(54-90)115-83/h59-64,70-72,76-83,88-90,99-104H,7-58H2,1-6H3,(H,85,96)(H,86,97)/t59-,60?,61?,62?,63?,64+,70?,71?,72?,76?,77?,78?,79?,80?,81?,82?,83?,84?,116?/m1/s1. The summed E-state index contributed by atoms with van der Waals surface area (Å²) in [6.07, 6.45) is 8.64. The summed E-state index contributed by atoms with van der Waals surface area (Å²) >= 11 is 0. The normalized spacial score (nSPS) is 26.6. The zero-order valence-corrected chi connectivity index (χ0v) is 71.7. The molecule has 31 nitrogen and oxygen atoms in total. The van der Waals surface area contributed by atoms with Gasteiger partial charge in [0.05, 0.1) is 96.0 Å². The number of rotatable bonds is 69. The molecule has 0 bridgehead atoms. The summed E-state index contributed by atoms with van der Waals surface area (Å²) in [4.78, 5) is 107. The van der Waals surface area contributed by atoms with Crippen molar-refractivity contribution in [3.05, 3.63) is 0 Å². The Kier molecular flexibility index (Phi) is 54.0. The van der Waals surface area contributed by atoms with Crippen molar-refractivity contribution >= 4 is 54.2 Å². The third-order valence-electron chi connectivity index (χ3n) is 23.0. The second-order valence-electron chi connectivity index (χ2n) is 33.2.